The molecule has 108 valence electrons. The van der Waals surface area contributed by atoms with Gasteiger partial charge in [-0.15, -0.1) is 0 Å². The first-order chi connectivity index (χ1) is 9.88. The van der Waals surface area contributed by atoms with Gasteiger partial charge in [-0.1, -0.05) is 0 Å². The Kier molecular flexibility index (Phi) is 3.75. The molecule has 0 atom stereocenters. The maximum Gasteiger partial charge on any atom is 0.271 e. The molecular weight excluding hydrogens is 276 g/mol. The highest BCUT2D eigenvalue weighted by Crippen LogP contribution is 2.28. The largest absolute Gasteiger partial charge is 0.508 e. The van der Waals surface area contributed by atoms with E-state index in [9.17, 15) is 25.1 Å². The van der Waals surface area contributed by atoms with Gasteiger partial charge in [-0.3, -0.25) is 14.9 Å². The lowest BCUT2D eigenvalue weighted by molar-refractivity contribution is -0.384. The van der Waals surface area contributed by atoms with E-state index in [0.29, 0.717) is 5.56 Å². The third-order valence-corrected chi connectivity index (χ3v) is 2.90. The number of hydrogen-bond acceptors (Lipinski definition) is 5. The number of nitrogens with zero attached hydrogens (tertiary/aromatic N) is 1. The van der Waals surface area contributed by atoms with Crippen molar-refractivity contribution in [2.45, 2.75) is 6.92 Å². The highest BCUT2D eigenvalue weighted by Gasteiger charge is 2.14. The van der Waals surface area contributed by atoms with Crippen LogP contribution in [0.2, 0.25) is 0 Å². The summed E-state index contributed by atoms with van der Waals surface area (Å²) in [6, 6.07) is 7.59. The average molecular weight is 288 g/mol. The number of hydrogen-bond donors (Lipinski definition) is 3. The molecule has 0 saturated carbocycles. The van der Waals surface area contributed by atoms with E-state index in [1.807, 2.05) is 0 Å². The van der Waals surface area contributed by atoms with E-state index in [0.717, 1.165) is 18.2 Å². The van der Waals surface area contributed by atoms with Crippen LogP contribution in [0.15, 0.2) is 36.4 Å². The molecular formula is C14H12N2O5. The molecule has 21 heavy (non-hydrogen) atoms. The molecule has 0 heterocycles. The molecule has 0 aliphatic heterocycles. The van der Waals surface area contributed by atoms with Crippen LogP contribution in [0.3, 0.4) is 0 Å². The Morgan fingerprint density at radius 3 is 2.43 bits per heavy atom. The normalized spacial score (nSPS) is 10.1. The average Bonchev–Trinajstić information content (AvgIpc) is 2.43. The topological polar surface area (TPSA) is 113 Å². The zero-order valence-electron chi connectivity index (χ0n) is 11.0. The van der Waals surface area contributed by atoms with Gasteiger partial charge in [0.15, 0.2) is 0 Å². The second-order valence-electron chi connectivity index (χ2n) is 4.41. The minimum atomic E-state index is -0.625. The lowest BCUT2D eigenvalue weighted by Crippen LogP contribution is -2.12. The first-order valence-corrected chi connectivity index (χ1v) is 5.97. The molecule has 0 aromatic heterocycles. The van der Waals surface area contributed by atoms with Crippen molar-refractivity contribution in [2.24, 2.45) is 0 Å². The molecule has 7 heteroatoms. The van der Waals surface area contributed by atoms with Gasteiger partial charge >= 0.3 is 0 Å². The number of phenolic OH excluding ortho intramolecular Hbond substituents is 2. The number of carbonyl (C=O) groups excluding carboxylic acids is 1. The number of carbonyl (C=O) groups is 1. The number of nitro groups is 1. The summed E-state index contributed by atoms with van der Waals surface area (Å²) in [5.41, 5.74) is 0.479. The zero-order chi connectivity index (χ0) is 15.6. The Hall–Kier alpha value is -3.09. The number of aryl methyl sites for hydroxylation is 1. The van der Waals surface area contributed by atoms with Crippen molar-refractivity contribution in [1.82, 2.24) is 0 Å². The third kappa shape index (κ3) is 3.08. The fourth-order valence-electron chi connectivity index (χ4n) is 1.73. The number of benzene rings is 2. The van der Waals surface area contributed by atoms with Crippen molar-refractivity contribution in [3.63, 3.8) is 0 Å². The number of non-ortho nitro benzene ring substituents is 1. The molecule has 0 aliphatic rings. The van der Waals surface area contributed by atoms with Crippen LogP contribution in [-0.4, -0.2) is 21.0 Å². The lowest BCUT2D eigenvalue weighted by Gasteiger charge is -2.08. The van der Waals surface area contributed by atoms with Crippen molar-refractivity contribution in [3.8, 4) is 11.5 Å². The van der Waals surface area contributed by atoms with Crippen molar-refractivity contribution in [3.05, 3.63) is 57.6 Å². The Morgan fingerprint density at radius 2 is 1.81 bits per heavy atom. The number of rotatable bonds is 3. The lowest BCUT2D eigenvalue weighted by atomic mass is 10.1. The van der Waals surface area contributed by atoms with E-state index >= 15 is 0 Å². The summed E-state index contributed by atoms with van der Waals surface area (Å²) in [6.07, 6.45) is 0. The molecule has 0 bridgehead atoms. The summed E-state index contributed by atoms with van der Waals surface area (Å²) in [5, 5.41) is 32.1. The molecule has 2 aromatic carbocycles. The molecule has 1 amide bonds. The van der Waals surface area contributed by atoms with E-state index in [1.54, 1.807) is 6.92 Å². The van der Waals surface area contributed by atoms with Crippen molar-refractivity contribution >= 4 is 17.3 Å². The Balaban J connectivity index is 2.28. The van der Waals surface area contributed by atoms with E-state index < -0.39 is 10.8 Å². The predicted molar refractivity (Wildman–Crippen MR) is 75.6 cm³/mol. The van der Waals surface area contributed by atoms with Crippen LogP contribution in [0.1, 0.15) is 15.9 Å². The summed E-state index contributed by atoms with van der Waals surface area (Å²) >= 11 is 0. The number of anilines is 1. The number of amides is 1. The number of aromatic hydroxyl groups is 2. The van der Waals surface area contributed by atoms with Crippen LogP contribution in [0.25, 0.3) is 0 Å². The molecule has 7 nitrogen and oxygen atoms in total. The van der Waals surface area contributed by atoms with Gasteiger partial charge in [0, 0.05) is 17.7 Å². The first kappa shape index (κ1) is 14.3. The third-order valence-electron chi connectivity index (χ3n) is 2.90. The van der Waals surface area contributed by atoms with Gasteiger partial charge in [-0.25, -0.2) is 0 Å². The number of nitrogens with one attached hydrogen (secondary N) is 1. The predicted octanol–water partition coefficient (Wildman–Crippen LogP) is 2.57. The molecule has 0 fully saturated rings. The molecule has 0 spiro atoms. The molecule has 2 aromatic rings. The minimum absolute atomic E-state index is 0.0556. The highest BCUT2D eigenvalue weighted by atomic mass is 16.6. The molecule has 2 rings (SSSR count). The highest BCUT2D eigenvalue weighted by molar-refractivity contribution is 6.05. The van der Waals surface area contributed by atoms with Gasteiger partial charge in [-0.2, -0.15) is 0 Å². The van der Waals surface area contributed by atoms with Crippen LogP contribution in [0.5, 0.6) is 11.5 Å². The second-order valence-corrected chi connectivity index (χ2v) is 4.41. The Labute approximate surface area is 119 Å². The van der Waals surface area contributed by atoms with Gasteiger partial charge in [0.1, 0.15) is 11.5 Å². The zero-order valence-corrected chi connectivity index (χ0v) is 11.0. The number of nitro benzene ring substituents is 1. The summed E-state index contributed by atoms with van der Waals surface area (Å²) in [4.78, 5) is 22.1. The van der Waals surface area contributed by atoms with E-state index in [4.69, 9.17) is 0 Å². The van der Waals surface area contributed by atoms with Crippen molar-refractivity contribution in [2.75, 3.05) is 5.32 Å². The number of phenols is 2. The molecule has 0 unspecified atom stereocenters. The van der Waals surface area contributed by atoms with Crippen LogP contribution in [0, 0.1) is 17.0 Å². The van der Waals surface area contributed by atoms with E-state index in [2.05, 4.69) is 5.32 Å². The van der Waals surface area contributed by atoms with Crippen molar-refractivity contribution in [1.29, 1.82) is 0 Å². The summed E-state index contributed by atoms with van der Waals surface area (Å²) in [7, 11) is 0. The second kappa shape index (κ2) is 5.49. The Bertz CT molecular complexity index is 727. The first-order valence-electron chi connectivity index (χ1n) is 5.97. The van der Waals surface area contributed by atoms with E-state index in [-0.39, 0.29) is 28.4 Å². The SMILES string of the molecule is Cc1cc(C(=O)Nc2cc([N+](=O)[O-])ccc2O)ccc1O. The van der Waals surface area contributed by atoms with Gasteiger partial charge in [0.2, 0.25) is 0 Å². The van der Waals surface area contributed by atoms with Crippen LogP contribution >= 0.6 is 0 Å². The molecule has 3 N–H and O–H groups in total. The fraction of sp³-hybridized carbons (Fsp3) is 0.0714. The van der Waals surface area contributed by atoms with Crippen molar-refractivity contribution < 1.29 is 19.9 Å². The van der Waals surface area contributed by atoms with Gasteiger partial charge in [0.05, 0.1) is 10.6 Å². The van der Waals surface area contributed by atoms with E-state index in [1.165, 1.54) is 18.2 Å². The van der Waals surface area contributed by atoms with Crippen LogP contribution < -0.4 is 5.32 Å². The Morgan fingerprint density at radius 1 is 1.14 bits per heavy atom. The summed E-state index contributed by atoms with van der Waals surface area (Å²) < 4.78 is 0. The van der Waals surface area contributed by atoms with Crippen LogP contribution in [-0.2, 0) is 0 Å². The smallest absolute Gasteiger partial charge is 0.271 e. The maximum absolute atomic E-state index is 12.0. The molecule has 0 radical (unpaired) electrons. The quantitative estimate of drug-likeness (QED) is 0.456. The molecule has 0 aliphatic carbocycles. The van der Waals surface area contributed by atoms with Gasteiger partial charge < -0.3 is 15.5 Å². The maximum atomic E-state index is 12.0. The fourth-order valence-corrected chi connectivity index (χ4v) is 1.73. The minimum Gasteiger partial charge on any atom is -0.508 e. The standard InChI is InChI=1S/C14H12N2O5/c1-8-6-9(2-4-12(8)17)14(19)15-11-7-10(16(20)21)3-5-13(11)18/h2-7,17-18H,1H3,(H,15,19). The summed E-state index contributed by atoms with van der Waals surface area (Å²) in [5.74, 6) is -0.761. The van der Waals surface area contributed by atoms with Gasteiger partial charge in [0.25, 0.3) is 11.6 Å². The summed E-state index contributed by atoms with van der Waals surface area (Å²) in [6.45, 7) is 1.64. The molecule has 0 saturated heterocycles. The van der Waals surface area contributed by atoms with Gasteiger partial charge in [-0.05, 0) is 36.8 Å². The van der Waals surface area contributed by atoms with Crippen LogP contribution in [0.4, 0.5) is 11.4 Å². The monoisotopic (exact) mass is 288 g/mol.